The highest BCUT2D eigenvalue weighted by Gasteiger charge is 2.20. The highest BCUT2D eigenvalue weighted by molar-refractivity contribution is 5.76. The normalized spacial score (nSPS) is 12.2. The summed E-state index contributed by atoms with van der Waals surface area (Å²) in [4.78, 5) is 15.6. The Balaban J connectivity index is 2.04. The minimum Gasteiger partial charge on any atom is -0.338 e. The summed E-state index contributed by atoms with van der Waals surface area (Å²) < 4.78 is 13.7. The number of hydrogen-bond donors (Lipinski definition) is 0. The average Bonchev–Trinajstić information content (AvgIpc) is 2.93. The Morgan fingerprint density at radius 2 is 2.13 bits per heavy atom. The van der Waals surface area contributed by atoms with Crippen molar-refractivity contribution in [3.63, 3.8) is 0 Å². The third kappa shape index (κ3) is 4.58. The molecule has 1 atom stereocenters. The first-order chi connectivity index (χ1) is 11.0. The second-order valence-electron chi connectivity index (χ2n) is 5.55. The van der Waals surface area contributed by atoms with Crippen molar-refractivity contribution >= 4 is 5.91 Å². The molecule has 2 rings (SSSR count). The summed E-state index contributed by atoms with van der Waals surface area (Å²) in [5.41, 5.74) is 0.614. The molecule has 124 valence electrons. The minimum atomic E-state index is -0.238. The van der Waals surface area contributed by atoms with Crippen molar-refractivity contribution in [2.45, 2.75) is 46.2 Å². The van der Waals surface area contributed by atoms with Gasteiger partial charge in [0.2, 0.25) is 5.91 Å². The molecule has 0 fully saturated rings. The molecule has 0 spiro atoms. The van der Waals surface area contributed by atoms with E-state index in [4.69, 9.17) is 0 Å². The van der Waals surface area contributed by atoms with Crippen LogP contribution in [0.2, 0.25) is 0 Å². The van der Waals surface area contributed by atoms with Crippen LogP contribution in [0, 0.1) is 12.7 Å². The number of carbonyl (C=O) groups excluding carboxylic acids is 1. The predicted molar refractivity (Wildman–Crippen MR) is 84.1 cm³/mol. The standard InChI is InChI=1S/C16H22FN5O/c1-4-12(2)21(10-9-14-7-5-6-8-15(14)17)16(23)11-22-19-13(3)18-20-22/h5-8,12H,4,9-11H2,1-3H3. The highest BCUT2D eigenvalue weighted by Crippen LogP contribution is 2.11. The van der Waals surface area contributed by atoms with E-state index in [1.807, 2.05) is 13.8 Å². The van der Waals surface area contributed by atoms with Crippen LogP contribution in [0.3, 0.4) is 0 Å². The lowest BCUT2D eigenvalue weighted by Gasteiger charge is -2.28. The monoisotopic (exact) mass is 319 g/mol. The van der Waals surface area contributed by atoms with Crippen LogP contribution in [0.1, 0.15) is 31.7 Å². The van der Waals surface area contributed by atoms with Crippen molar-refractivity contribution in [3.8, 4) is 0 Å². The van der Waals surface area contributed by atoms with Crippen LogP contribution in [-0.2, 0) is 17.8 Å². The molecule has 0 aliphatic carbocycles. The van der Waals surface area contributed by atoms with E-state index in [-0.39, 0.29) is 24.3 Å². The van der Waals surface area contributed by atoms with E-state index < -0.39 is 0 Å². The third-order valence-corrected chi connectivity index (χ3v) is 3.85. The van der Waals surface area contributed by atoms with E-state index in [9.17, 15) is 9.18 Å². The summed E-state index contributed by atoms with van der Waals surface area (Å²) in [5, 5.41) is 11.6. The molecule has 1 unspecified atom stereocenters. The Morgan fingerprint density at radius 3 is 2.74 bits per heavy atom. The zero-order chi connectivity index (χ0) is 16.8. The SMILES string of the molecule is CCC(C)N(CCc1ccccc1F)C(=O)Cn1nnc(C)n1. The first kappa shape index (κ1) is 17.1. The first-order valence-electron chi connectivity index (χ1n) is 7.78. The van der Waals surface area contributed by atoms with Gasteiger partial charge in [0.25, 0.3) is 0 Å². The van der Waals surface area contributed by atoms with Gasteiger partial charge in [-0.3, -0.25) is 4.79 Å². The topological polar surface area (TPSA) is 63.9 Å². The molecule has 23 heavy (non-hydrogen) atoms. The van der Waals surface area contributed by atoms with Gasteiger partial charge >= 0.3 is 0 Å². The number of rotatable bonds is 7. The molecular formula is C16H22FN5O. The highest BCUT2D eigenvalue weighted by atomic mass is 19.1. The summed E-state index contributed by atoms with van der Waals surface area (Å²) in [6.07, 6.45) is 1.30. The molecule has 0 saturated carbocycles. The molecule has 7 heteroatoms. The molecule has 6 nitrogen and oxygen atoms in total. The summed E-state index contributed by atoms with van der Waals surface area (Å²) in [7, 11) is 0. The van der Waals surface area contributed by atoms with Crippen LogP contribution in [0.25, 0.3) is 0 Å². The molecule has 0 bridgehead atoms. The maximum Gasteiger partial charge on any atom is 0.246 e. The summed E-state index contributed by atoms with van der Waals surface area (Å²) >= 11 is 0. The second-order valence-corrected chi connectivity index (χ2v) is 5.55. The second kappa shape index (κ2) is 7.80. The minimum absolute atomic E-state index is 0.0441. The van der Waals surface area contributed by atoms with E-state index >= 15 is 0 Å². The Bertz CT molecular complexity index is 657. The van der Waals surface area contributed by atoms with Crippen LogP contribution in [0.4, 0.5) is 4.39 Å². The van der Waals surface area contributed by atoms with Crippen LogP contribution < -0.4 is 0 Å². The molecular weight excluding hydrogens is 297 g/mol. The maximum atomic E-state index is 13.7. The average molecular weight is 319 g/mol. The lowest BCUT2D eigenvalue weighted by molar-refractivity contribution is -0.134. The number of halogens is 1. The van der Waals surface area contributed by atoms with E-state index in [2.05, 4.69) is 15.4 Å². The van der Waals surface area contributed by atoms with Crippen molar-refractivity contribution in [2.24, 2.45) is 0 Å². The summed E-state index contributed by atoms with van der Waals surface area (Å²) in [6.45, 7) is 6.23. The van der Waals surface area contributed by atoms with E-state index in [0.717, 1.165) is 6.42 Å². The van der Waals surface area contributed by atoms with E-state index in [1.54, 1.807) is 30.0 Å². The molecule has 1 amide bonds. The van der Waals surface area contributed by atoms with E-state index in [0.29, 0.717) is 24.4 Å². The van der Waals surface area contributed by atoms with Crippen molar-refractivity contribution in [1.29, 1.82) is 0 Å². The number of aromatic nitrogens is 4. The third-order valence-electron chi connectivity index (χ3n) is 3.85. The maximum absolute atomic E-state index is 13.7. The van der Waals surface area contributed by atoms with Gasteiger partial charge in [-0.15, -0.1) is 10.2 Å². The van der Waals surface area contributed by atoms with Crippen molar-refractivity contribution in [3.05, 3.63) is 41.5 Å². The van der Waals surface area contributed by atoms with Crippen molar-refractivity contribution < 1.29 is 9.18 Å². The van der Waals surface area contributed by atoms with Gasteiger partial charge in [0.05, 0.1) is 0 Å². The lowest BCUT2D eigenvalue weighted by Crippen LogP contribution is -2.42. The van der Waals surface area contributed by atoms with Gasteiger partial charge in [0.1, 0.15) is 12.4 Å². The van der Waals surface area contributed by atoms with Gasteiger partial charge in [-0.25, -0.2) is 4.39 Å². The van der Waals surface area contributed by atoms with Gasteiger partial charge in [-0.05, 0) is 43.5 Å². The molecule has 1 aromatic carbocycles. The van der Waals surface area contributed by atoms with Crippen molar-refractivity contribution in [2.75, 3.05) is 6.54 Å². The number of aryl methyl sites for hydroxylation is 1. The fraction of sp³-hybridized carbons (Fsp3) is 0.500. The Morgan fingerprint density at radius 1 is 1.39 bits per heavy atom. The summed E-state index contributed by atoms with van der Waals surface area (Å²) in [6, 6.07) is 6.72. The van der Waals surface area contributed by atoms with E-state index in [1.165, 1.54) is 10.9 Å². The first-order valence-corrected chi connectivity index (χ1v) is 7.78. The van der Waals surface area contributed by atoms with Gasteiger partial charge in [0.15, 0.2) is 5.82 Å². The Kier molecular flexibility index (Phi) is 5.78. The molecule has 0 N–H and O–H groups in total. The number of nitrogens with zero attached hydrogens (tertiary/aromatic N) is 5. The fourth-order valence-corrected chi connectivity index (χ4v) is 2.36. The molecule has 0 radical (unpaired) electrons. The number of amides is 1. The fourth-order valence-electron chi connectivity index (χ4n) is 2.36. The molecule has 2 aromatic rings. The summed E-state index contributed by atoms with van der Waals surface area (Å²) in [5.74, 6) is 0.199. The lowest BCUT2D eigenvalue weighted by atomic mass is 10.1. The Labute approximate surface area is 135 Å². The zero-order valence-corrected chi connectivity index (χ0v) is 13.7. The van der Waals surface area contributed by atoms with Crippen LogP contribution >= 0.6 is 0 Å². The van der Waals surface area contributed by atoms with Gasteiger partial charge in [-0.1, -0.05) is 25.1 Å². The Hall–Kier alpha value is -2.31. The quantitative estimate of drug-likeness (QED) is 0.783. The van der Waals surface area contributed by atoms with Crippen LogP contribution in [0.15, 0.2) is 24.3 Å². The van der Waals surface area contributed by atoms with Gasteiger partial charge in [0, 0.05) is 12.6 Å². The molecule has 0 aliphatic heterocycles. The molecule has 1 aromatic heterocycles. The van der Waals surface area contributed by atoms with Crippen LogP contribution in [0.5, 0.6) is 0 Å². The molecule has 0 aliphatic rings. The van der Waals surface area contributed by atoms with Crippen LogP contribution in [-0.4, -0.2) is 43.6 Å². The van der Waals surface area contributed by atoms with Crippen molar-refractivity contribution in [1.82, 2.24) is 25.1 Å². The largest absolute Gasteiger partial charge is 0.338 e. The molecule has 1 heterocycles. The number of benzene rings is 1. The van der Waals surface area contributed by atoms with Gasteiger partial charge in [-0.2, -0.15) is 4.80 Å². The zero-order valence-electron chi connectivity index (χ0n) is 13.7. The number of hydrogen-bond acceptors (Lipinski definition) is 4. The predicted octanol–water partition coefficient (Wildman–Crippen LogP) is 1.99. The smallest absolute Gasteiger partial charge is 0.246 e. The molecule has 0 saturated heterocycles. The number of tetrazole rings is 1. The number of carbonyl (C=O) groups is 1. The van der Waals surface area contributed by atoms with Gasteiger partial charge < -0.3 is 4.90 Å².